The number of ketones is 1. The third-order valence-electron chi connectivity index (χ3n) is 2.55. The Morgan fingerprint density at radius 3 is 2.50 bits per heavy atom. The van der Waals surface area contributed by atoms with Gasteiger partial charge in [0.25, 0.3) is 0 Å². The predicted molar refractivity (Wildman–Crippen MR) is 34.5 cm³/mol. The van der Waals surface area contributed by atoms with Crippen LogP contribution < -0.4 is 0 Å². The third-order valence-corrected chi connectivity index (χ3v) is 2.55. The number of hydrogen-bond acceptors (Lipinski definition) is 1. The van der Waals surface area contributed by atoms with Crippen molar-refractivity contribution in [3.05, 3.63) is 5.53 Å². The highest BCUT2D eigenvalue weighted by Crippen LogP contribution is 2.39. The molecule has 0 N–H and O–H groups in total. The Balaban J connectivity index is 2.42. The third kappa shape index (κ3) is 0.531. The molecular formula is C7H8N2O. The van der Waals surface area contributed by atoms with Crippen molar-refractivity contribution in [2.75, 3.05) is 0 Å². The summed E-state index contributed by atoms with van der Waals surface area (Å²) in [6.07, 6.45) is 2.97. The molecule has 0 heterocycles. The lowest BCUT2D eigenvalue weighted by molar-refractivity contribution is -0.120. The molecule has 0 spiro atoms. The zero-order chi connectivity index (χ0) is 7.14. The van der Waals surface area contributed by atoms with Crippen LogP contribution in [0.25, 0.3) is 5.53 Å². The van der Waals surface area contributed by atoms with Crippen LogP contribution in [0.4, 0.5) is 0 Å². The van der Waals surface area contributed by atoms with Gasteiger partial charge in [0.2, 0.25) is 5.78 Å². The van der Waals surface area contributed by atoms with Crippen molar-refractivity contribution in [1.29, 1.82) is 0 Å². The van der Waals surface area contributed by atoms with E-state index in [9.17, 15) is 4.79 Å². The first-order valence-electron chi connectivity index (χ1n) is 3.59. The molecule has 2 atom stereocenters. The largest absolute Gasteiger partial charge is 0.361 e. The van der Waals surface area contributed by atoms with Crippen molar-refractivity contribution in [2.24, 2.45) is 11.8 Å². The van der Waals surface area contributed by atoms with Gasteiger partial charge in [-0.3, -0.25) is 4.79 Å². The van der Waals surface area contributed by atoms with Gasteiger partial charge in [-0.25, -0.2) is 0 Å². The average Bonchev–Trinajstić information content (AvgIpc) is 2.46. The fraction of sp³-hybridized carbons (Fsp3) is 0.714. The molecule has 10 heavy (non-hydrogen) atoms. The molecular weight excluding hydrogens is 128 g/mol. The van der Waals surface area contributed by atoms with E-state index in [0.717, 1.165) is 19.3 Å². The lowest BCUT2D eigenvalue weighted by atomic mass is 9.97. The summed E-state index contributed by atoms with van der Waals surface area (Å²) in [5.41, 5.74) is 8.85. The second kappa shape index (κ2) is 1.77. The molecule has 2 fully saturated rings. The van der Waals surface area contributed by atoms with Crippen molar-refractivity contribution in [2.45, 2.75) is 19.3 Å². The van der Waals surface area contributed by atoms with Crippen molar-refractivity contribution >= 4 is 11.5 Å². The van der Waals surface area contributed by atoms with Crippen LogP contribution in [0.15, 0.2) is 0 Å². The SMILES string of the molecule is [N-]=[N+]=C1C(=O)[C@H]2CC[C@@H]1C2. The molecule has 2 bridgehead atoms. The highest BCUT2D eigenvalue weighted by molar-refractivity contribution is 6.41. The molecule has 52 valence electrons. The van der Waals surface area contributed by atoms with Gasteiger partial charge in [-0.15, -0.1) is 0 Å². The highest BCUT2D eigenvalue weighted by Gasteiger charge is 2.49. The first-order chi connectivity index (χ1) is 4.83. The number of hydrogen-bond donors (Lipinski definition) is 0. The molecule has 0 aliphatic heterocycles. The van der Waals surface area contributed by atoms with E-state index in [1.807, 2.05) is 0 Å². The number of carbonyl (C=O) groups excluding carboxylic acids is 1. The number of rotatable bonds is 0. The van der Waals surface area contributed by atoms with E-state index in [0.29, 0.717) is 5.71 Å². The smallest absolute Gasteiger partial charge is 0.337 e. The van der Waals surface area contributed by atoms with Crippen LogP contribution in [0.2, 0.25) is 0 Å². The van der Waals surface area contributed by atoms with E-state index in [2.05, 4.69) is 4.79 Å². The molecule has 2 rings (SSSR count). The van der Waals surface area contributed by atoms with E-state index in [1.165, 1.54) is 0 Å². The minimum Gasteiger partial charge on any atom is -0.361 e. The minimum absolute atomic E-state index is 0.0822. The van der Waals surface area contributed by atoms with Crippen molar-refractivity contribution in [3.8, 4) is 0 Å². The Morgan fingerprint density at radius 2 is 2.10 bits per heavy atom. The van der Waals surface area contributed by atoms with Crippen LogP contribution in [-0.4, -0.2) is 16.3 Å². The van der Waals surface area contributed by atoms with Crippen LogP contribution in [0.3, 0.4) is 0 Å². The fourth-order valence-corrected chi connectivity index (χ4v) is 2.01. The van der Waals surface area contributed by atoms with Gasteiger partial charge in [0.1, 0.15) is 0 Å². The maximum atomic E-state index is 11.1. The molecule has 0 aromatic carbocycles. The lowest BCUT2D eigenvalue weighted by Crippen LogP contribution is -2.22. The zero-order valence-electron chi connectivity index (χ0n) is 5.58. The molecule has 0 saturated heterocycles. The molecule has 2 aliphatic rings. The highest BCUT2D eigenvalue weighted by atomic mass is 16.1. The zero-order valence-corrected chi connectivity index (χ0v) is 5.58. The van der Waals surface area contributed by atoms with Crippen LogP contribution in [0, 0.1) is 11.8 Å². The summed E-state index contributed by atoms with van der Waals surface area (Å²) in [4.78, 5) is 14.1. The van der Waals surface area contributed by atoms with E-state index >= 15 is 0 Å². The van der Waals surface area contributed by atoms with Crippen molar-refractivity contribution in [3.63, 3.8) is 0 Å². The van der Waals surface area contributed by atoms with Crippen LogP contribution in [0.1, 0.15) is 19.3 Å². The Hall–Kier alpha value is -0.950. The second-order valence-corrected chi connectivity index (χ2v) is 3.06. The molecule has 0 radical (unpaired) electrons. The van der Waals surface area contributed by atoms with Gasteiger partial charge in [0.15, 0.2) is 0 Å². The summed E-state index contributed by atoms with van der Waals surface area (Å²) in [6, 6.07) is 0. The van der Waals surface area contributed by atoms with Gasteiger partial charge in [-0.2, -0.15) is 4.79 Å². The Bertz CT molecular complexity index is 240. The molecule has 3 heteroatoms. The van der Waals surface area contributed by atoms with E-state index in [1.54, 1.807) is 0 Å². The van der Waals surface area contributed by atoms with Crippen LogP contribution in [-0.2, 0) is 4.79 Å². The van der Waals surface area contributed by atoms with Crippen molar-refractivity contribution < 1.29 is 9.58 Å². The average molecular weight is 136 g/mol. The minimum atomic E-state index is 0.0822. The molecule has 2 aliphatic carbocycles. The van der Waals surface area contributed by atoms with Gasteiger partial charge >= 0.3 is 5.71 Å². The van der Waals surface area contributed by atoms with Gasteiger partial charge < -0.3 is 5.53 Å². The van der Waals surface area contributed by atoms with Gasteiger partial charge in [0, 0.05) is 5.92 Å². The fourth-order valence-electron chi connectivity index (χ4n) is 2.01. The van der Waals surface area contributed by atoms with Crippen LogP contribution >= 0.6 is 0 Å². The van der Waals surface area contributed by atoms with Gasteiger partial charge in [-0.1, -0.05) is 0 Å². The predicted octanol–water partition coefficient (Wildman–Crippen LogP) is 0.656. The Labute approximate surface area is 58.7 Å². The molecule has 0 amide bonds. The maximum absolute atomic E-state index is 11.1. The first-order valence-corrected chi connectivity index (χ1v) is 3.59. The standard InChI is InChI=1S/C7H8N2O/c8-9-6-4-1-2-5(3-4)7(6)10/h4-5H,1-3H2/t4-,5+/m1/s1. The molecule has 0 aromatic heterocycles. The molecule has 0 aromatic rings. The maximum Gasteiger partial charge on any atom is 0.337 e. The monoisotopic (exact) mass is 136 g/mol. The van der Waals surface area contributed by atoms with Crippen molar-refractivity contribution in [1.82, 2.24) is 0 Å². The summed E-state index contributed by atoms with van der Waals surface area (Å²) in [5, 5.41) is 0. The Kier molecular flexibility index (Phi) is 1.03. The number of Topliss-reactive ketones (excluding diaryl/α,β-unsaturated/α-hetero) is 1. The molecule has 3 nitrogen and oxygen atoms in total. The van der Waals surface area contributed by atoms with E-state index in [-0.39, 0.29) is 17.6 Å². The number of nitrogens with zero attached hydrogens (tertiary/aromatic N) is 2. The first kappa shape index (κ1) is 5.81. The van der Waals surface area contributed by atoms with E-state index < -0.39 is 0 Å². The normalized spacial score (nSPS) is 36.8. The second-order valence-electron chi connectivity index (χ2n) is 3.06. The summed E-state index contributed by atoms with van der Waals surface area (Å²) in [7, 11) is 0. The molecule has 2 saturated carbocycles. The quantitative estimate of drug-likeness (QED) is 0.356. The number of carbonyl (C=O) groups is 1. The summed E-state index contributed by atoms with van der Waals surface area (Å²) in [6.45, 7) is 0. The molecule has 0 unspecified atom stereocenters. The topological polar surface area (TPSA) is 53.5 Å². The summed E-state index contributed by atoms with van der Waals surface area (Å²) < 4.78 is 0. The summed E-state index contributed by atoms with van der Waals surface area (Å²) >= 11 is 0. The van der Waals surface area contributed by atoms with E-state index in [4.69, 9.17) is 5.53 Å². The van der Waals surface area contributed by atoms with Gasteiger partial charge in [-0.05, 0) is 19.3 Å². The van der Waals surface area contributed by atoms with Crippen LogP contribution in [0.5, 0.6) is 0 Å². The Morgan fingerprint density at radius 1 is 1.40 bits per heavy atom. The number of fused-ring (bicyclic) bond motifs is 2. The van der Waals surface area contributed by atoms with Gasteiger partial charge in [0.05, 0.1) is 5.92 Å². The summed E-state index contributed by atoms with van der Waals surface area (Å²) in [5.74, 6) is 0.553. The lowest BCUT2D eigenvalue weighted by Gasteiger charge is -2.00.